The molecule has 1 N–H and O–H groups in total. The number of nitrogens with zero attached hydrogens (tertiary/aromatic N) is 1. The standard InChI is InChI=1S/C13H28N2O2/c1-10(2)9-15(11(3)4)8-7-12(14-5)13(16)17-6/h10-12,14H,7-9H2,1-6H3. The number of methoxy groups -OCH3 is 1. The lowest BCUT2D eigenvalue weighted by Gasteiger charge is -2.29. The fourth-order valence-corrected chi connectivity index (χ4v) is 1.85. The number of likely N-dealkylation sites (N-methyl/N-ethyl adjacent to an activating group) is 1. The molecule has 0 rings (SSSR count). The molecule has 0 aliphatic carbocycles. The monoisotopic (exact) mass is 244 g/mol. The third-order valence-corrected chi connectivity index (χ3v) is 2.87. The van der Waals surface area contributed by atoms with Gasteiger partial charge in [0.1, 0.15) is 6.04 Å². The van der Waals surface area contributed by atoms with Crippen molar-refractivity contribution in [1.29, 1.82) is 0 Å². The van der Waals surface area contributed by atoms with Crippen molar-refractivity contribution >= 4 is 5.97 Å². The number of rotatable bonds is 8. The molecule has 0 heterocycles. The van der Waals surface area contributed by atoms with Crippen LogP contribution in [0.25, 0.3) is 0 Å². The number of ether oxygens (including phenoxy) is 1. The van der Waals surface area contributed by atoms with Crippen LogP contribution in [0.15, 0.2) is 0 Å². The Hall–Kier alpha value is -0.610. The molecule has 0 radical (unpaired) electrons. The van der Waals surface area contributed by atoms with Gasteiger partial charge in [-0.15, -0.1) is 0 Å². The van der Waals surface area contributed by atoms with Crippen LogP contribution in [0.2, 0.25) is 0 Å². The minimum atomic E-state index is -0.201. The predicted octanol–water partition coefficient (Wildman–Crippen LogP) is 1.50. The van der Waals surface area contributed by atoms with E-state index in [0.717, 1.165) is 19.5 Å². The molecule has 0 amide bonds. The highest BCUT2D eigenvalue weighted by Crippen LogP contribution is 2.07. The summed E-state index contributed by atoms with van der Waals surface area (Å²) in [6, 6.07) is 0.306. The molecule has 4 nitrogen and oxygen atoms in total. The largest absolute Gasteiger partial charge is 0.468 e. The van der Waals surface area contributed by atoms with Gasteiger partial charge >= 0.3 is 5.97 Å². The van der Waals surface area contributed by atoms with Gasteiger partial charge in [-0.1, -0.05) is 13.8 Å². The second-order valence-electron chi connectivity index (χ2n) is 5.14. The molecule has 17 heavy (non-hydrogen) atoms. The summed E-state index contributed by atoms with van der Waals surface area (Å²) in [5.74, 6) is 0.462. The fourth-order valence-electron chi connectivity index (χ4n) is 1.85. The van der Waals surface area contributed by atoms with Crippen LogP contribution in [0.1, 0.15) is 34.1 Å². The zero-order valence-corrected chi connectivity index (χ0v) is 12.1. The summed E-state index contributed by atoms with van der Waals surface area (Å²) in [6.45, 7) is 10.8. The highest BCUT2D eigenvalue weighted by Gasteiger charge is 2.19. The highest BCUT2D eigenvalue weighted by molar-refractivity contribution is 5.75. The van der Waals surface area contributed by atoms with Crippen LogP contribution in [0.5, 0.6) is 0 Å². The summed E-state index contributed by atoms with van der Waals surface area (Å²) in [5, 5.41) is 3.00. The van der Waals surface area contributed by atoms with Gasteiger partial charge < -0.3 is 15.0 Å². The topological polar surface area (TPSA) is 41.6 Å². The Labute approximate surface area is 106 Å². The first-order chi connectivity index (χ1) is 7.92. The van der Waals surface area contributed by atoms with E-state index in [0.29, 0.717) is 12.0 Å². The molecule has 0 saturated carbocycles. The molecule has 102 valence electrons. The van der Waals surface area contributed by atoms with Crippen LogP contribution in [0, 0.1) is 5.92 Å². The normalized spacial score (nSPS) is 13.5. The maximum Gasteiger partial charge on any atom is 0.322 e. The van der Waals surface area contributed by atoms with Gasteiger partial charge in [0.05, 0.1) is 7.11 Å². The van der Waals surface area contributed by atoms with Crippen LogP contribution in [0.3, 0.4) is 0 Å². The fraction of sp³-hybridized carbons (Fsp3) is 0.923. The molecular weight excluding hydrogens is 216 g/mol. The molecule has 0 fully saturated rings. The van der Waals surface area contributed by atoms with Crippen molar-refractivity contribution in [3.8, 4) is 0 Å². The van der Waals surface area contributed by atoms with E-state index in [2.05, 4.69) is 37.9 Å². The van der Waals surface area contributed by atoms with Gasteiger partial charge in [0.2, 0.25) is 0 Å². The molecular formula is C13H28N2O2. The van der Waals surface area contributed by atoms with Crippen molar-refractivity contribution < 1.29 is 9.53 Å². The minimum Gasteiger partial charge on any atom is -0.468 e. The Morgan fingerprint density at radius 3 is 2.24 bits per heavy atom. The first-order valence-electron chi connectivity index (χ1n) is 6.41. The van der Waals surface area contributed by atoms with Gasteiger partial charge in [0.15, 0.2) is 0 Å². The first kappa shape index (κ1) is 16.4. The number of carbonyl (C=O) groups is 1. The van der Waals surface area contributed by atoms with Gasteiger partial charge in [-0.05, 0) is 33.2 Å². The second kappa shape index (κ2) is 8.48. The Morgan fingerprint density at radius 2 is 1.88 bits per heavy atom. The minimum absolute atomic E-state index is 0.180. The van der Waals surface area contributed by atoms with E-state index in [1.54, 1.807) is 7.05 Å². The smallest absolute Gasteiger partial charge is 0.322 e. The summed E-state index contributed by atoms with van der Waals surface area (Å²) in [4.78, 5) is 13.8. The van der Waals surface area contributed by atoms with Gasteiger partial charge in [0, 0.05) is 19.1 Å². The number of hydrogen-bond acceptors (Lipinski definition) is 4. The van der Waals surface area contributed by atoms with Gasteiger partial charge in [-0.2, -0.15) is 0 Å². The van der Waals surface area contributed by atoms with E-state index in [-0.39, 0.29) is 12.0 Å². The van der Waals surface area contributed by atoms with Gasteiger partial charge in [-0.25, -0.2) is 0 Å². The number of hydrogen-bond donors (Lipinski definition) is 1. The first-order valence-corrected chi connectivity index (χ1v) is 6.41. The van der Waals surface area contributed by atoms with Crippen molar-refractivity contribution in [2.24, 2.45) is 5.92 Å². The maximum absolute atomic E-state index is 11.4. The van der Waals surface area contributed by atoms with Gasteiger partial charge in [-0.3, -0.25) is 4.79 Å². The van der Waals surface area contributed by atoms with Crippen LogP contribution in [-0.2, 0) is 9.53 Å². The van der Waals surface area contributed by atoms with Gasteiger partial charge in [0.25, 0.3) is 0 Å². The summed E-state index contributed by atoms with van der Waals surface area (Å²) >= 11 is 0. The molecule has 0 bridgehead atoms. The molecule has 1 atom stereocenters. The van der Waals surface area contributed by atoms with Crippen LogP contribution in [0.4, 0.5) is 0 Å². The Balaban J connectivity index is 4.22. The van der Waals surface area contributed by atoms with Crippen LogP contribution >= 0.6 is 0 Å². The zero-order valence-electron chi connectivity index (χ0n) is 12.1. The van der Waals surface area contributed by atoms with Crippen molar-refractivity contribution in [3.63, 3.8) is 0 Å². The van der Waals surface area contributed by atoms with Crippen LogP contribution < -0.4 is 5.32 Å². The third kappa shape index (κ3) is 6.64. The Kier molecular flexibility index (Phi) is 8.17. The van der Waals surface area contributed by atoms with E-state index in [1.807, 2.05) is 0 Å². The summed E-state index contributed by atoms with van der Waals surface area (Å²) < 4.78 is 4.76. The van der Waals surface area contributed by atoms with Crippen molar-refractivity contribution in [1.82, 2.24) is 10.2 Å². The lowest BCUT2D eigenvalue weighted by Crippen LogP contribution is -2.41. The molecule has 1 unspecified atom stereocenters. The van der Waals surface area contributed by atoms with E-state index in [9.17, 15) is 4.79 Å². The van der Waals surface area contributed by atoms with E-state index in [1.165, 1.54) is 7.11 Å². The lowest BCUT2D eigenvalue weighted by molar-refractivity contribution is -0.143. The highest BCUT2D eigenvalue weighted by atomic mass is 16.5. The predicted molar refractivity (Wildman–Crippen MR) is 71.0 cm³/mol. The lowest BCUT2D eigenvalue weighted by atomic mass is 10.1. The molecule has 0 spiro atoms. The number of carbonyl (C=O) groups excluding carboxylic acids is 1. The average Bonchev–Trinajstić information content (AvgIpc) is 2.26. The molecule has 0 aromatic heterocycles. The number of nitrogens with one attached hydrogen (secondary N) is 1. The molecule has 0 saturated heterocycles. The van der Waals surface area contributed by atoms with Crippen molar-refractivity contribution in [3.05, 3.63) is 0 Å². The Morgan fingerprint density at radius 1 is 1.29 bits per heavy atom. The quantitative estimate of drug-likeness (QED) is 0.657. The van der Waals surface area contributed by atoms with Crippen LogP contribution in [-0.4, -0.2) is 50.2 Å². The van der Waals surface area contributed by atoms with E-state index < -0.39 is 0 Å². The SMILES string of the molecule is CNC(CCN(CC(C)C)C(C)C)C(=O)OC. The average molecular weight is 244 g/mol. The molecule has 0 aliphatic rings. The van der Waals surface area contributed by atoms with E-state index in [4.69, 9.17) is 4.74 Å². The van der Waals surface area contributed by atoms with Crippen molar-refractivity contribution in [2.45, 2.75) is 46.2 Å². The summed E-state index contributed by atoms with van der Waals surface area (Å²) in [5.41, 5.74) is 0. The molecule has 0 aromatic carbocycles. The number of esters is 1. The second-order valence-corrected chi connectivity index (χ2v) is 5.14. The Bertz CT molecular complexity index is 217. The van der Waals surface area contributed by atoms with E-state index >= 15 is 0 Å². The molecule has 0 aliphatic heterocycles. The molecule has 0 aromatic rings. The maximum atomic E-state index is 11.4. The third-order valence-electron chi connectivity index (χ3n) is 2.87. The molecule has 4 heteroatoms. The zero-order chi connectivity index (χ0) is 13.4. The van der Waals surface area contributed by atoms with Crippen molar-refractivity contribution in [2.75, 3.05) is 27.2 Å². The summed E-state index contributed by atoms with van der Waals surface area (Å²) in [6.07, 6.45) is 0.786. The summed E-state index contributed by atoms with van der Waals surface area (Å²) in [7, 11) is 3.23.